The largest absolute Gasteiger partial charge is 0.342 e. The highest BCUT2D eigenvalue weighted by Gasteiger charge is 2.34. The van der Waals surface area contributed by atoms with E-state index in [0.717, 1.165) is 29.2 Å². The molecule has 0 saturated carbocycles. The highest BCUT2D eigenvalue weighted by Crippen LogP contribution is 2.29. The van der Waals surface area contributed by atoms with Crippen LogP contribution in [-0.2, 0) is 11.2 Å². The van der Waals surface area contributed by atoms with E-state index in [9.17, 15) is 9.18 Å². The maximum Gasteiger partial charge on any atom is 0.228 e. The molecule has 2 N–H and O–H groups in total. The first-order chi connectivity index (χ1) is 11.0. The highest BCUT2D eigenvalue weighted by atomic mass is 32.1. The van der Waals surface area contributed by atoms with E-state index in [-0.39, 0.29) is 23.6 Å². The molecule has 1 aliphatic rings. The highest BCUT2D eigenvalue weighted by molar-refractivity contribution is 7.13. The molecule has 0 radical (unpaired) electrons. The first kappa shape index (κ1) is 16.1. The van der Waals surface area contributed by atoms with Crippen LogP contribution < -0.4 is 5.73 Å². The van der Waals surface area contributed by atoms with Gasteiger partial charge in [0, 0.05) is 24.0 Å². The number of carbonyl (C=O) groups is 1. The Bertz CT molecular complexity index is 717. The molecule has 1 unspecified atom stereocenters. The average molecular weight is 333 g/mol. The van der Waals surface area contributed by atoms with Gasteiger partial charge in [-0.15, -0.1) is 11.3 Å². The van der Waals surface area contributed by atoms with Crippen molar-refractivity contribution in [2.45, 2.75) is 19.8 Å². The molecule has 6 heteroatoms. The van der Waals surface area contributed by atoms with E-state index < -0.39 is 0 Å². The minimum absolute atomic E-state index is 0.0322. The zero-order chi connectivity index (χ0) is 16.4. The van der Waals surface area contributed by atoms with E-state index in [0.29, 0.717) is 13.1 Å². The van der Waals surface area contributed by atoms with Gasteiger partial charge in [-0.05, 0) is 30.5 Å². The standard InChI is InChI=1S/C17H20FN3OS/c1-17(10-19)5-6-21(11-17)15(22)8-14-9-23-16(20-14)12-3-2-4-13(18)7-12/h2-4,7,9H,5-6,8,10-11,19H2,1H3. The van der Waals surface area contributed by atoms with E-state index in [1.54, 1.807) is 6.07 Å². The second-order valence-electron chi connectivity index (χ2n) is 6.41. The van der Waals surface area contributed by atoms with Crippen molar-refractivity contribution >= 4 is 17.2 Å². The number of aromatic nitrogens is 1. The van der Waals surface area contributed by atoms with Crippen LogP contribution in [0.25, 0.3) is 10.6 Å². The van der Waals surface area contributed by atoms with Crippen molar-refractivity contribution < 1.29 is 9.18 Å². The van der Waals surface area contributed by atoms with Crippen LogP contribution in [0.2, 0.25) is 0 Å². The van der Waals surface area contributed by atoms with Gasteiger partial charge in [-0.25, -0.2) is 9.37 Å². The summed E-state index contributed by atoms with van der Waals surface area (Å²) in [6, 6.07) is 6.34. The van der Waals surface area contributed by atoms with Crippen molar-refractivity contribution in [2.75, 3.05) is 19.6 Å². The smallest absolute Gasteiger partial charge is 0.228 e. The Labute approximate surface area is 139 Å². The van der Waals surface area contributed by atoms with Gasteiger partial charge in [0.15, 0.2) is 0 Å². The van der Waals surface area contributed by atoms with Gasteiger partial charge in [0.2, 0.25) is 5.91 Å². The fraction of sp³-hybridized carbons (Fsp3) is 0.412. The lowest BCUT2D eigenvalue weighted by Gasteiger charge is -2.22. The Morgan fingerprint density at radius 3 is 3.04 bits per heavy atom. The van der Waals surface area contributed by atoms with Crippen molar-refractivity contribution in [3.05, 3.63) is 41.2 Å². The van der Waals surface area contributed by atoms with Gasteiger partial charge in [0.05, 0.1) is 12.1 Å². The molecule has 1 amide bonds. The SMILES string of the molecule is CC1(CN)CCN(C(=O)Cc2csc(-c3cccc(F)c3)n2)C1. The van der Waals surface area contributed by atoms with Gasteiger partial charge < -0.3 is 10.6 Å². The molecule has 4 nitrogen and oxygen atoms in total. The third-order valence-electron chi connectivity index (χ3n) is 4.36. The average Bonchev–Trinajstić information content (AvgIpc) is 3.15. The van der Waals surface area contributed by atoms with Crippen LogP contribution in [0.1, 0.15) is 19.0 Å². The minimum Gasteiger partial charge on any atom is -0.342 e. The maximum atomic E-state index is 13.3. The second-order valence-corrected chi connectivity index (χ2v) is 7.27. The lowest BCUT2D eigenvalue weighted by molar-refractivity contribution is -0.129. The van der Waals surface area contributed by atoms with Gasteiger partial charge >= 0.3 is 0 Å². The van der Waals surface area contributed by atoms with Crippen LogP contribution in [0.5, 0.6) is 0 Å². The van der Waals surface area contributed by atoms with Crippen molar-refractivity contribution in [3.63, 3.8) is 0 Å². The summed E-state index contributed by atoms with van der Waals surface area (Å²) in [4.78, 5) is 18.7. The van der Waals surface area contributed by atoms with Gasteiger partial charge in [-0.1, -0.05) is 19.1 Å². The van der Waals surface area contributed by atoms with E-state index in [2.05, 4.69) is 11.9 Å². The molecule has 1 aromatic carbocycles. The summed E-state index contributed by atoms with van der Waals surface area (Å²) < 4.78 is 13.3. The van der Waals surface area contributed by atoms with E-state index >= 15 is 0 Å². The molecule has 0 bridgehead atoms. The van der Waals surface area contributed by atoms with Crippen LogP contribution in [0.3, 0.4) is 0 Å². The molecular weight excluding hydrogens is 313 g/mol. The van der Waals surface area contributed by atoms with E-state index in [4.69, 9.17) is 5.73 Å². The lowest BCUT2D eigenvalue weighted by Crippen LogP contribution is -2.35. The van der Waals surface area contributed by atoms with Gasteiger partial charge in [-0.2, -0.15) is 0 Å². The number of thiazole rings is 1. The number of carbonyl (C=O) groups excluding carboxylic acids is 1. The molecule has 2 heterocycles. The van der Waals surface area contributed by atoms with Crippen molar-refractivity contribution in [1.29, 1.82) is 0 Å². The normalized spacial score (nSPS) is 20.9. The Morgan fingerprint density at radius 2 is 2.35 bits per heavy atom. The number of halogens is 1. The van der Waals surface area contributed by atoms with Crippen molar-refractivity contribution in [3.8, 4) is 10.6 Å². The summed E-state index contributed by atoms with van der Waals surface area (Å²) in [5, 5.41) is 2.61. The van der Waals surface area contributed by atoms with Crippen LogP contribution >= 0.6 is 11.3 Å². The Hall–Kier alpha value is -1.79. The summed E-state index contributed by atoms with van der Waals surface area (Å²) in [7, 11) is 0. The molecule has 23 heavy (non-hydrogen) atoms. The number of benzene rings is 1. The Balaban J connectivity index is 1.67. The number of nitrogens with two attached hydrogens (primary N) is 1. The zero-order valence-electron chi connectivity index (χ0n) is 13.1. The summed E-state index contributed by atoms with van der Waals surface area (Å²) in [5.41, 5.74) is 7.29. The molecule has 2 aromatic rings. The summed E-state index contributed by atoms with van der Waals surface area (Å²) in [6.45, 7) is 4.18. The Morgan fingerprint density at radius 1 is 1.52 bits per heavy atom. The predicted molar refractivity (Wildman–Crippen MR) is 89.6 cm³/mol. The van der Waals surface area contributed by atoms with Crippen LogP contribution in [0.4, 0.5) is 4.39 Å². The van der Waals surface area contributed by atoms with E-state index in [1.807, 2.05) is 16.3 Å². The third-order valence-corrected chi connectivity index (χ3v) is 5.30. The molecule has 1 fully saturated rings. The molecular formula is C17H20FN3OS. The second kappa shape index (κ2) is 6.37. The van der Waals surface area contributed by atoms with E-state index in [1.165, 1.54) is 23.5 Å². The monoisotopic (exact) mass is 333 g/mol. The number of rotatable bonds is 4. The first-order valence-electron chi connectivity index (χ1n) is 7.67. The molecule has 0 spiro atoms. The quantitative estimate of drug-likeness (QED) is 0.936. The number of nitrogens with zero attached hydrogens (tertiary/aromatic N) is 2. The van der Waals surface area contributed by atoms with Crippen LogP contribution in [0.15, 0.2) is 29.6 Å². The van der Waals surface area contributed by atoms with Gasteiger partial charge in [0.25, 0.3) is 0 Å². The topological polar surface area (TPSA) is 59.2 Å². The number of hydrogen-bond donors (Lipinski definition) is 1. The van der Waals surface area contributed by atoms with Gasteiger partial charge in [-0.3, -0.25) is 4.79 Å². The fourth-order valence-electron chi connectivity index (χ4n) is 2.81. The number of amides is 1. The maximum absolute atomic E-state index is 13.3. The fourth-order valence-corrected chi connectivity index (χ4v) is 3.63. The summed E-state index contributed by atoms with van der Waals surface area (Å²) in [6.07, 6.45) is 1.23. The van der Waals surface area contributed by atoms with Crippen LogP contribution in [0, 0.1) is 11.2 Å². The predicted octanol–water partition coefficient (Wildman–Crippen LogP) is 2.69. The Kier molecular flexibility index (Phi) is 4.46. The first-order valence-corrected chi connectivity index (χ1v) is 8.55. The number of likely N-dealkylation sites (tertiary alicyclic amines) is 1. The van der Waals surface area contributed by atoms with Gasteiger partial charge in [0.1, 0.15) is 10.8 Å². The molecule has 1 atom stereocenters. The molecule has 122 valence electrons. The van der Waals surface area contributed by atoms with Crippen LogP contribution in [-0.4, -0.2) is 35.4 Å². The summed E-state index contributed by atoms with van der Waals surface area (Å²) in [5.74, 6) is -0.202. The number of hydrogen-bond acceptors (Lipinski definition) is 4. The third kappa shape index (κ3) is 3.59. The molecule has 1 saturated heterocycles. The molecule has 1 aromatic heterocycles. The van der Waals surface area contributed by atoms with Crippen molar-refractivity contribution in [1.82, 2.24) is 9.88 Å². The molecule has 0 aliphatic carbocycles. The lowest BCUT2D eigenvalue weighted by atomic mass is 9.90. The molecule has 3 rings (SSSR count). The van der Waals surface area contributed by atoms with Crippen molar-refractivity contribution in [2.24, 2.45) is 11.1 Å². The summed E-state index contributed by atoms with van der Waals surface area (Å²) >= 11 is 1.43. The minimum atomic E-state index is -0.284. The molecule has 1 aliphatic heterocycles. The zero-order valence-corrected chi connectivity index (χ0v) is 13.9.